The summed E-state index contributed by atoms with van der Waals surface area (Å²) in [6.07, 6.45) is 2.94. The minimum absolute atomic E-state index is 0.165. The molecule has 0 bridgehead atoms. The summed E-state index contributed by atoms with van der Waals surface area (Å²) in [5.41, 5.74) is 0.227. The van der Waals surface area contributed by atoms with Crippen LogP contribution in [0.15, 0.2) is 66.7 Å². The van der Waals surface area contributed by atoms with Crippen molar-refractivity contribution in [3.63, 3.8) is 0 Å². The molecule has 1 fully saturated rings. The predicted molar refractivity (Wildman–Crippen MR) is 96.3 cm³/mol. The second-order valence-electron chi connectivity index (χ2n) is 6.20. The number of morpholine rings is 1. The van der Waals surface area contributed by atoms with Crippen molar-refractivity contribution in [2.75, 3.05) is 7.05 Å². The van der Waals surface area contributed by atoms with E-state index in [4.69, 9.17) is 4.74 Å². The summed E-state index contributed by atoms with van der Waals surface area (Å²) in [5.74, 6) is -0.345. The van der Waals surface area contributed by atoms with E-state index < -0.39 is 5.60 Å². The fourth-order valence-electron chi connectivity index (χ4n) is 2.99. The Hall–Kier alpha value is -2.90. The molecule has 126 valence electrons. The van der Waals surface area contributed by atoms with E-state index in [0.717, 1.165) is 11.1 Å². The standard InChI is InChI=1S/C21H20N2O2/c1-16-19(18-11-7-4-8-12-18)25-21(15-22,20(24)23(16)2)14-13-17-9-5-3-6-10-17/h3-14,16,19H,1-2H3/b14-13+/t16-,19-,21+/m0/s1. The molecule has 1 saturated heterocycles. The van der Waals surface area contributed by atoms with Crippen LogP contribution in [0.25, 0.3) is 6.08 Å². The maximum Gasteiger partial charge on any atom is 0.274 e. The summed E-state index contributed by atoms with van der Waals surface area (Å²) in [6, 6.07) is 21.2. The minimum Gasteiger partial charge on any atom is -0.338 e. The van der Waals surface area contributed by atoms with Gasteiger partial charge in [0.05, 0.1) is 6.04 Å². The summed E-state index contributed by atoms with van der Waals surface area (Å²) in [4.78, 5) is 14.4. The van der Waals surface area contributed by atoms with E-state index in [2.05, 4.69) is 6.07 Å². The van der Waals surface area contributed by atoms with Crippen molar-refractivity contribution in [1.29, 1.82) is 5.26 Å². The van der Waals surface area contributed by atoms with Crippen molar-refractivity contribution in [2.24, 2.45) is 0 Å². The Kier molecular flexibility index (Phi) is 4.69. The molecule has 0 radical (unpaired) electrons. The van der Waals surface area contributed by atoms with Crippen molar-refractivity contribution in [3.8, 4) is 6.07 Å². The number of carbonyl (C=O) groups is 1. The monoisotopic (exact) mass is 332 g/mol. The molecule has 1 heterocycles. The van der Waals surface area contributed by atoms with Crippen LogP contribution in [-0.4, -0.2) is 29.5 Å². The third-order valence-corrected chi connectivity index (χ3v) is 4.60. The van der Waals surface area contributed by atoms with E-state index in [1.165, 1.54) is 0 Å². The second kappa shape index (κ2) is 6.92. The first-order chi connectivity index (χ1) is 12.1. The number of rotatable bonds is 3. The zero-order valence-electron chi connectivity index (χ0n) is 14.3. The predicted octanol–water partition coefficient (Wildman–Crippen LogP) is 3.58. The molecule has 0 N–H and O–H groups in total. The number of amides is 1. The first-order valence-electron chi connectivity index (χ1n) is 8.23. The second-order valence-corrected chi connectivity index (χ2v) is 6.20. The van der Waals surface area contributed by atoms with Gasteiger partial charge in [0.1, 0.15) is 12.2 Å². The summed E-state index contributed by atoms with van der Waals surface area (Å²) < 4.78 is 6.09. The Morgan fingerprint density at radius 2 is 1.72 bits per heavy atom. The molecule has 0 aromatic heterocycles. The van der Waals surface area contributed by atoms with Crippen LogP contribution in [0, 0.1) is 11.3 Å². The summed E-state index contributed by atoms with van der Waals surface area (Å²) >= 11 is 0. The van der Waals surface area contributed by atoms with Crippen molar-refractivity contribution >= 4 is 12.0 Å². The number of nitrogens with zero attached hydrogens (tertiary/aromatic N) is 2. The molecule has 3 rings (SSSR count). The molecule has 0 saturated carbocycles. The molecule has 2 aromatic carbocycles. The van der Waals surface area contributed by atoms with Crippen LogP contribution in [0.3, 0.4) is 0 Å². The van der Waals surface area contributed by atoms with E-state index in [0.29, 0.717) is 0 Å². The Balaban J connectivity index is 1.98. The lowest BCUT2D eigenvalue weighted by molar-refractivity contribution is -0.174. The van der Waals surface area contributed by atoms with Crippen LogP contribution < -0.4 is 0 Å². The van der Waals surface area contributed by atoms with Crippen molar-refractivity contribution in [3.05, 3.63) is 77.9 Å². The summed E-state index contributed by atoms with van der Waals surface area (Å²) in [6.45, 7) is 1.93. The molecule has 1 amide bonds. The van der Waals surface area contributed by atoms with Gasteiger partial charge in [0.15, 0.2) is 0 Å². The molecule has 0 aliphatic carbocycles. The molecule has 25 heavy (non-hydrogen) atoms. The fraction of sp³-hybridized carbons (Fsp3) is 0.238. The molecule has 4 nitrogen and oxygen atoms in total. The van der Waals surface area contributed by atoms with Crippen LogP contribution in [0.4, 0.5) is 0 Å². The Morgan fingerprint density at radius 3 is 2.32 bits per heavy atom. The SMILES string of the molecule is C[C@H]1[C@@H](c2ccccc2)O[C@@](C#N)(/C=C/c2ccccc2)C(=O)N1C. The molecule has 3 atom stereocenters. The lowest BCUT2D eigenvalue weighted by Gasteiger charge is -2.43. The third kappa shape index (κ3) is 3.19. The van der Waals surface area contributed by atoms with Crippen LogP contribution >= 0.6 is 0 Å². The highest BCUT2D eigenvalue weighted by Gasteiger charge is 2.49. The van der Waals surface area contributed by atoms with E-state index in [1.54, 1.807) is 24.1 Å². The maximum absolute atomic E-state index is 12.8. The van der Waals surface area contributed by atoms with E-state index >= 15 is 0 Å². The normalized spacial score (nSPS) is 26.6. The number of hydrogen-bond acceptors (Lipinski definition) is 3. The smallest absolute Gasteiger partial charge is 0.274 e. The average Bonchev–Trinajstić information content (AvgIpc) is 2.68. The number of carbonyl (C=O) groups excluding carboxylic acids is 1. The number of nitriles is 1. The molecule has 1 aliphatic rings. The molecule has 2 aromatic rings. The van der Waals surface area contributed by atoms with Crippen molar-refractivity contribution in [1.82, 2.24) is 4.90 Å². The van der Waals surface area contributed by atoms with Gasteiger partial charge in [-0.2, -0.15) is 5.26 Å². The molecular weight excluding hydrogens is 312 g/mol. The largest absolute Gasteiger partial charge is 0.338 e. The van der Waals surface area contributed by atoms with Gasteiger partial charge in [-0.3, -0.25) is 4.79 Å². The average molecular weight is 332 g/mol. The lowest BCUT2D eigenvalue weighted by atomic mass is 9.93. The first-order valence-corrected chi connectivity index (χ1v) is 8.23. The minimum atomic E-state index is -1.63. The van der Waals surface area contributed by atoms with Gasteiger partial charge in [-0.25, -0.2) is 0 Å². The highest BCUT2D eigenvalue weighted by Crippen LogP contribution is 2.36. The molecular formula is C21H20N2O2. The molecule has 0 spiro atoms. The Bertz CT molecular complexity index is 811. The molecule has 1 aliphatic heterocycles. The van der Waals surface area contributed by atoms with E-state index in [1.807, 2.05) is 67.6 Å². The van der Waals surface area contributed by atoms with E-state index in [-0.39, 0.29) is 18.1 Å². The number of likely N-dealkylation sites (N-methyl/N-ethyl adjacent to an activating group) is 1. The van der Waals surface area contributed by atoms with Crippen LogP contribution in [0.5, 0.6) is 0 Å². The van der Waals surface area contributed by atoms with Gasteiger partial charge < -0.3 is 9.64 Å². The van der Waals surface area contributed by atoms with Crippen molar-refractivity contribution in [2.45, 2.75) is 24.7 Å². The fourth-order valence-corrected chi connectivity index (χ4v) is 2.99. The van der Waals surface area contributed by atoms with Gasteiger partial charge in [-0.1, -0.05) is 66.7 Å². The molecule has 4 heteroatoms. The van der Waals surface area contributed by atoms with Gasteiger partial charge in [0.2, 0.25) is 0 Å². The number of ether oxygens (including phenoxy) is 1. The maximum atomic E-state index is 12.8. The highest BCUT2D eigenvalue weighted by molar-refractivity contribution is 5.92. The van der Waals surface area contributed by atoms with Gasteiger partial charge in [-0.05, 0) is 24.1 Å². The quantitative estimate of drug-likeness (QED) is 0.863. The zero-order chi connectivity index (χ0) is 17.9. The number of hydrogen-bond donors (Lipinski definition) is 0. The topological polar surface area (TPSA) is 53.3 Å². The van der Waals surface area contributed by atoms with Gasteiger partial charge in [0.25, 0.3) is 11.5 Å². The molecule has 0 unspecified atom stereocenters. The Morgan fingerprint density at radius 1 is 1.12 bits per heavy atom. The van der Waals surface area contributed by atoms with Crippen LogP contribution in [0.1, 0.15) is 24.2 Å². The van der Waals surface area contributed by atoms with Crippen LogP contribution in [0.2, 0.25) is 0 Å². The van der Waals surface area contributed by atoms with Gasteiger partial charge in [0, 0.05) is 7.05 Å². The van der Waals surface area contributed by atoms with Gasteiger partial charge in [-0.15, -0.1) is 0 Å². The summed E-state index contributed by atoms with van der Waals surface area (Å²) in [7, 11) is 1.72. The Labute approximate surface area is 148 Å². The van der Waals surface area contributed by atoms with Gasteiger partial charge >= 0.3 is 0 Å². The van der Waals surface area contributed by atoms with Crippen LogP contribution in [-0.2, 0) is 9.53 Å². The van der Waals surface area contributed by atoms with E-state index in [9.17, 15) is 10.1 Å². The summed E-state index contributed by atoms with van der Waals surface area (Å²) in [5, 5.41) is 9.78. The third-order valence-electron chi connectivity index (χ3n) is 4.60. The zero-order valence-corrected chi connectivity index (χ0v) is 14.3. The lowest BCUT2D eigenvalue weighted by Crippen LogP contribution is -2.58. The van der Waals surface area contributed by atoms with Crippen molar-refractivity contribution < 1.29 is 9.53 Å². The first kappa shape index (κ1) is 16.9. The number of benzene rings is 2. The highest BCUT2D eigenvalue weighted by atomic mass is 16.5.